The summed E-state index contributed by atoms with van der Waals surface area (Å²) in [6.07, 6.45) is -8.76. The largest absolute Gasteiger partial charge is 0.465 e. The van der Waals surface area contributed by atoms with Crippen molar-refractivity contribution >= 4 is 23.6 Å². The van der Waals surface area contributed by atoms with Gasteiger partial charge in [0.15, 0.2) is 0 Å². The predicted octanol–water partition coefficient (Wildman–Crippen LogP) is 6.19. The fourth-order valence-electron chi connectivity index (χ4n) is 5.22. The second-order valence-corrected chi connectivity index (χ2v) is 11.6. The average Bonchev–Trinajstić information content (AvgIpc) is 3.36. The normalized spacial score (nSPS) is 13.3. The van der Waals surface area contributed by atoms with E-state index in [1.165, 1.54) is 30.0 Å². The maximum Gasteiger partial charge on any atom is 0.316 e. The Balaban J connectivity index is 2.12. The summed E-state index contributed by atoms with van der Waals surface area (Å²) in [4.78, 5) is 54.6. The molecule has 0 fully saturated rings. The molecular weight excluding hydrogens is 570 g/mol. The highest BCUT2D eigenvalue weighted by atomic mass is 19.3. The highest BCUT2D eigenvalue weighted by Gasteiger charge is 2.43. The van der Waals surface area contributed by atoms with Gasteiger partial charge in [0.05, 0.1) is 18.4 Å². The molecular formula is C32H37F4NO6. The predicted molar refractivity (Wildman–Crippen MR) is 150 cm³/mol. The van der Waals surface area contributed by atoms with Crippen LogP contribution in [-0.4, -0.2) is 53.6 Å². The summed E-state index contributed by atoms with van der Waals surface area (Å²) in [5, 5.41) is 0. The second-order valence-electron chi connectivity index (χ2n) is 11.6. The number of amides is 1. The Bertz CT molecular complexity index is 1300. The Morgan fingerprint density at radius 1 is 0.884 bits per heavy atom. The molecule has 7 nitrogen and oxygen atoms in total. The topological polar surface area (TPSA) is 90.0 Å². The van der Waals surface area contributed by atoms with Crippen LogP contribution in [0.5, 0.6) is 0 Å². The van der Waals surface area contributed by atoms with Crippen molar-refractivity contribution in [3.8, 4) is 0 Å². The first-order valence-corrected chi connectivity index (χ1v) is 14.2. The van der Waals surface area contributed by atoms with Gasteiger partial charge in [0.1, 0.15) is 5.60 Å². The van der Waals surface area contributed by atoms with E-state index in [9.17, 15) is 36.7 Å². The molecule has 0 saturated carbocycles. The molecule has 1 aliphatic heterocycles. The Morgan fingerprint density at radius 3 is 1.93 bits per heavy atom. The van der Waals surface area contributed by atoms with Crippen LogP contribution in [0.1, 0.15) is 86.0 Å². The molecule has 2 aromatic carbocycles. The number of Topliss-reactive ketones (excluding diaryl/α,β-unsaturated/α-hetero) is 1. The Morgan fingerprint density at radius 2 is 1.44 bits per heavy atom. The first kappa shape index (κ1) is 33.7. The van der Waals surface area contributed by atoms with Gasteiger partial charge in [0, 0.05) is 31.5 Å². The molecule has 0 bridgehead atoms. The van der Waals surface area contributed by atoms with Gasteiger partial charge in [-0.15, -0.1) is 0 Å². The maximum absolute atomic E-state index is 13.8. The third-order valence-electron chi connectivity index (χ3n) is 7.23. The van der Waals surface area contributed by atoms with Crippen molar-refractivity contribution in [2.45, 2.75) is 96.8 Å². The molecule has 0 unspecified atom stereocenters. The van der Waals surface area contributed by atoms with Crippen LogP contribution in [0.15, 0.2) is 42.5 Å². The van der Waals surface area contributed by atoms with Gasteiger partial charge in [-0.2, -0.15) is 0 Å². The number of carbonyl (C=O) groups is 4. The molecule has 234 valence electrons. The molecule has 2 aromatic rings. The number of hydrogen-bond donors (Lipinski definition) is 0. The number of ether oxygens (including phenoxy) is 2. The van der Waals surface area contributed by atoms with Gasteiger partial charge in [0.25, 0.3) is 11.7 Å². The summed E-state index contributed by atoms with van der Waals surface area (Å²) in [7, 11) is 0. The van der Waals surface area contributed by atoms with Crippen LogP contribution >= 0.6 is 0 Å². The van der Waals surface area contributed by atoms with E-state index in [4.69, 9.17) is 9.47 Å². The molecule has 11 heteroatoms. The zero-order valence-corrected chi connectivity index (χ0v) is 24.8. The van der Waals surface area contributed by atoms with E-state index < -0.39 is 79.6 Å². The molecule has 1 aliphatic rings. The summed E-state index contributed by atoms with van der Waals surface area (Å²) in [5.74, 6) is -3.55. The summed E-state index contributed by atoms with van der Waals surface area (Å²) >= 11 is 0. The van der Waals surface area contributed by atoms with Crippen molar-refractivity contribution in [1.82, 2.24) is 4.90 Å². The number of alkyl halides is 4. The number of nitrogens with zero attached hydrogens (tertiary/aromatic N) is 1. The molecule has 0 radical (unpaired) electrons. The molecule has 0 spiro atoms. The number of fused-ring (bicyclic) bond motifs is 1. The minimum Gasteiger partial charge on any atom is -0.465 e. The minimum atomic E-state index is -2.84. The molecule has 43 heavy (non-hydrogen) atoms. The molecule has 0 aliphatic carbocycles. The molecule has 1 heterocycles. The standard InChI is InChI=1S/C32H37F4NO6/c1-5-42-30(41)32(14-12-25(33)34,15-13-26(35)36)23-11-10-20(16-27(38)43-31(2,3)4)24(17-23)28(39)29(40)37-18-21-8-6-7-9-22(21)19-37/h6-11,17,25-26H,5,12-16,18-19H2,1-4H3. The highest BCUT2D eigenvalue weighted by molar-refractivity contribution is 6.43. The van der Waals surface area contributed by atoms with E-state index in [-0.39, 0.29) is 36.4 Å². The van der Waals surface area contributed by atoms with Gasteiger partial charge in [-0.1, -0.05) is 36.4 Å². The number of esters is 2. The van der Waals surface area contributed by atoms with Crippen LogP contribution in [-0.2, 0) is 48.8 Å². The van der Waals surface area contributed by atoms with E-state index in [1.807, 2.05) is 24.3 Å². The van der Waals surface area contributed by atoms with Crippen molar-refractivity contribution in [2.75, 3.05) is 6.61 Å². The lowest BCUT2D eigenvalue weighted by Crippen LogP contribution is -2.39. The molecule has 0 atom stereocenters. The van der Waals surface area contributed by atoms with Gasteiger partial charge in [0.2, 0.25) is 12.9 Å². The Hall–Kier alpha value is -3.76. The third kappa shape index (κ3) is 8.64. The van der Waals surface area contributed by atoms with Crippen LogP contribution in [0.3, 0.4) is 0 Å². The SMILES string of the molecule is CCOC(=O)C(CCC(F)F)(CCC(F)F)c1ccc(CC(=O)OC(C)(C)C)c(C(=O)C(=O)N2Cc3ccccc3C2)c1. The lowest BCUT2D eigenvalue weighted by Gasteiger charge is -2.33. The first-order chi connectivity index (χ1) is 20.2. The van der Waals surface area contributed by atoms with Gasteiger partial charge in [-0.05, 0) is 68.9 Å². The van der Waals surface area contributed by atoms with E-state index in [0.29, 0.717) is 0 Å². The van der Waals surface area contributed by atoms with Crippen LogP contribution < -0.4 is 0 Å². The fourth-order valence-corrected chi connectivity index (χ4v) is 5.22. The van der Waals surface area contributed by atoms with Crippen molar-refractivity contribution in [2.24, 2.45) is 0 Å². The highest BCUT2D eigenvalue weighted by Crippen LogP contribution is 2.39. The number of halogens is 4. The van der Waals surface area contributed by atoms with Crippen LogP contribution in [0.4, 0.5) is 17.6 Å². The quantitative estimate of drug-likeness (QED) is 0.117. The number of benzene rings is 2. The van der Waals surface area contributed by atoms with Crippen LogP contribution in [0.25, 0.3) is 0 Å². The summed E-state index contributed by atoms with van der Waals surface area (Å²) < 4.78 is 64.2. The monoisotopic (exact) mass is 607 g/mol. The van der Waals surface area contributed by atoms with Crippen molar-refractivity contribution < 1.29 is 46.2 Å². The Labute approximate surface area is 248 Å². The number of rotatable bonds is 13. The summed E-state index contributed by atoms with van der Waals surface area (Å²) in [6.45, 7) is 6.70. The summed E-state index contributed by atoms with van der Waals surface area (Å²) in [6, 6.07) is 11.1. The van der Waals surface area contributed by atoms with Crippen LogP contribution in [0, 0.1) is 0 Å². The maximum atomic E-state index is 13.8. The van der Waals surface area contributed by atoms with Crippen LogP contribution in [0.2, 0.25) is 0 Å². The molecule has 3 rings (SSSR count). The van der Waals surface area contributed by atoms with Gasteiger partial charge < -0.3 is 14.4 Å². The van der Waals surface area contributed by atoms with Gasteiger partial charge >= 0.3 is 11.9 Å². The molecule has 1 amide bonds. The Kier molecular flexibility index (Phi) is 11.1. The first-order valence-electron chi connectivity index (χ1n) is 14.2. The van der Waals surface area contributed by atoms with Crippen molar-refractivity contribution in [1.29, 1.82) is 0 Å². The van der Waals surface area contributed by atoms with E-state index in [2.05, 4.69) is 0 Å². The number of carbonyl (C=O) groups excluding carboxylic acids is 4. The van der Waals surface area contributed by atoms with Gasteiger partial charge in [-0.25, -0.2) is 17.6 Å². The van der Waals surface area contributed by atoms with E-state index in [1.54, 1.807) is 20.8 Å². The third-order valence-corrected chi connectivity index (χ3v) is 7.23. The van der Waals surface area contributed by atoms with E-state index in [0.717, 1.165) is 11.1 Å². The molecule has 0 saturated heterocycles. The molecule has 0 aromatic heterocycles. The molecule has 0 N–H and O–H groups in total. The lowest BCUT2D eigenvalue weighted by molar-refractivity contribution is -0.154. The number of hydrogen-bond acceptors (Lipinski definition) is 6. The van der Waals surface area contributed by atoms with Gasteiger partial charge in [-0.3, -0.25) is 19.2 Å². The van der Waals surface area contributed by atoms with Crippen molar-refractivity contribution in [3.05, 3.63) is 70.3 Å². The zero-order valence-electron chi connectivity index (χ0n) is 24.8. The smallest absolute Gasteiger partial charge is 0.316 e. The fraction of sp³-hybridized carbons (Fsp3) is 0.500. The lowest BCUT2D eigenvalue weighted by atomic mass is 9.72. The van der Waals surface area contributed by atoms with Crippen molar-refractivity contribution in [3.63, 3.8) is 0 Å². The average molecular weight is 608 g/mol. The van der Waals surface area contributed by atoms with E-state index >= 15 is 0 Å². The minimum absolute atomic E-state index is 0.0268. The second kappa shape index (κ2) is 14.1. The number of ketones is 1. The summed E-state index contributed by atoms with van der Waals surface area (Å²) in [5.41, 5.74) is -1.22. The zero-order chi connectivity index (χ0) is 31.9.